The molecule has 0 spiro atoms. The fourth-order valence-electron chi connectivity index (χ4n) is 10.3. The number of aromatic nitrogens is 2. The predicted molar refractivity (Wildman–Crippen MR) is 206 cm³/mol. The molecule has 49 heavy (non-hydrogen) atoms. The molecule has 0 fully saturated rings. The van der Waals surface area contributed by atoms with E-state index >= 15 is 0 Å². The number of hydrogen-bond acceptors (Lipinski definition) is 0. The molecule has 3 aliphatic rings. The van der Waals surface area contributed by atoms with Gasteiger partial charge < -0.3 is 9.13 Å². The summed E-state index contributed by atoms with van der Waals surface area (Å²) in [6.45, 7) is 4.92. The molecule has 0 saturated carbocycles. The zero-order valence-electron chi connectivity index (χ0n) is 27.4. The highest BCUT2D eigenvalue weighted by Crippen LogP contribution is 2.50. The standard InChI is InChI=1S/C46H31BN2/c1-46(2)34-19-7-3-15-32(34)42(33-16-4-8-20-35(33)46)27-25-40-43-41(26-27)49-39-24-10-6-14-29(39)31-18-12-22-37(45(31)49)47(43)36-21-11-17-30-28-13-5-9-23-38(28)48(40)44(30)36/h3-26,42H,1-2H3. The molecular weight excluding hydrogens is 591 g/mol. The van der Waals surface area contributed by atoms with E-state index < -0.39 is 0 Å². The molecule has 0 N–H and O–H groups in total. The van der Waals surface area contributed by atoms with Gasteiger partial charge in [0.05, 0.1) is 11.0 Å². The first-order chi connectivity index (χ1) is 24.1. The summed E-state index contributed by atoms with van der Waals surface area (Å²) in [6.07, 6.45) is 0. The molecule has 0 unspecified atom stereocenters. The highest BCUT2D eigenvalue weighted by Gasteiger charge is 2.43. The van der Waals surface area contributed by atoms with Gasteiger partial charge in [-0.1, -0.05) is 135 Å². The first-order valence-corrected chi connectivity index (χ1v) is 17.5. The van der Waals surface area contributed by atoms with Crippen LogP contribution in [0.5, 0.6) is 0 Å². The summed E-state index contributed by atoms with van der Waals surface area (Å²) in [6, 6.07) is 55.4. The van der Waals surface area contributed by atoms with Crippen LogP contribution >= 0.6 is 0 Å². The second kappa shape index (κ2) is 8.81. The molecule has 0 saturated heterocycles. The maximum absolute atomic E-state index is 2.60. The van der Waals surface area contributed by atoms with Crippen LogP contribution in [0, 0.1) is 0 Å². The Morgan fingerprint density at radius 2 is 0.939 bits per heavy atom. The maximum Gasteiger partial charge on any atom is 0.252 e. The Bertz CT molecular complexity index is 2740. The second-order valence-electron chi connectivity index (χ2n) is 14.8. The van der Waals surface area contributed by atoms with E-state index in [4.69, 9.17) is 0 Å². The van der Waals surface area contributed by atoms with Crippen molar-refractivity contribution in [3.8, 4) is 11.4 Å². The second-order valence-corrected chi connectivity index (χ2v) is 14.8. The van der Waals surface area contributed by atoms with Gasteiger partial charge in [-0.2, -0.15) is 0 Å². The summed E-state index contributed by atoms with van der Waals surface area (Å²) in [4.78, 5) is 0. The summed E-state index contributed by atoms with van der Waals surface area (Å²) in [7, 11) is 0. The first kappa shape index (κ1) is 26.2. The molecule has 2 nitrogen and oxygen atoms in total. The largest absolute Gasteiger partial charge is 0.310 e. The third-order valence-corrected chi connectivity index (χ3v) is 12.2. The molecule has 228 valence electrons. The minimum atomic E-state index is -0.0826. The molecule has 4 heterocycles. The Labute approximate surface area is 284 Å². The zero-order valence-corrected chi connectivity index (χ0v) is 27.4. The maximum atomic E-state index is 2.60. The average molecular weight is 623 g/mol. The van der Waals surface area contributed by atoms with E-state index in [1.54, 1.807) is 0 Å². The van der Waals surface area contributed by atoms with E-state index in [0.717, 1.165) is 0 Å². The van der Waals surface area contributed by atoms with Crippen LogP contribution in [0.4, 0.5) is 0 Å². The van der Waals surface area contributed by atoms with Gasteiger partial charge in [0.2, 0.25) is 0 Å². The minimum absolute atomic E-state index is 0.0826. The predicted octanol–water partition coefficient (Wildman–Crippen LogP) is 8.84. The van der Waals surface area contributed by atoms with E-state index in [-0.39, 0.29) is 18.0 Å². The lowest BCUT2D eigenvalue weighted by molar-refractivity contribution is 0.597. The van der Waals surface area contributed by atoms with Crippen LogP contribution in [0.1, 0.15) is 47.6 Å². The fourth-order valence-corrected chi connectivity index (χ4v) is 10.3. The molecule has 0 atom stereocenters. The van der Waals surface area contributed by atoms with Crippen molar-refractivity contribution >= 4 is 66.7 Å². The molecule has 0 amide bonds. The lowest BCUT2D eigenvalue weighted by Crippen LogP contribution is -2.59. The van der Waals surface area contributed by atoms with Gasteiger partial charge in [-0.3, -0.25) is 0 Å². The van der Waals surface area contributed by atoms with Crippen LogP contribution in [-0.2, 0) is 5.41 Å². The van der Waals surface area contributed by atoms with Crippen molar-refractivity contribution in [3.05, 3.63) is 173 Å². The number of fused-ring (bicyclic) bond motifs is 12. The van der Waals surface area contributed by atoms with Gasteiger partial charge in [0, 0.05) is 55.3 Å². The van der Waals surface area contributed by atoms with E-state index in [1.807, 2.05) is 0 Å². The summed E-state index contributed by atoms with van der Waals surface area (Å²) in [5.74, 6) is 0.115. The quantitative estimate of drug-likeness (QED) is 0.162. The molecule has 2 aromatic heterocycles. The van der Waals surface area contributed by atoms with Crippen molar-refractivity contribution in [2.75, 3.05) is 0 Å². The van der Waals surface area contributed by atoms with E-state index in [2.05, 4.69) is 169 Å². The Morgan fingerprint density at radius 1 is 0.490 bits per heavy atom. The van der Waals surface area contributed by atoms with Crippen molar-refractivity contribution in [1.82, 2.24) is 9.13 Å². The number of nitrogens with zero attached hydrogens (tertiary/aromatic N) is 2. The Kier molecular flexibility index (Phi) is 4.71. The van der Waals surface area contributed by atoms with Gasteiger partial charge in [0.25, 0.3) is 6.71 Å². The third-order valence-electron chi connectivity index (χ3n) is 12.2. The molecule has 0 bridgehead atoms. The summed E-state index contributed by atoms with van der Waals surface area (Å²) in [5.41, 5.74) is 19.0. The minimum Gasteiger partial charge on any atom is -0.310 e. The van der Waals surface area contributed by atoms with Crippen LogP contribution in [-0.4, -0.2) is 15.8 Å². The van der Waals surface area contributed by atoms with E-state index in [1.165, 1.54) is 99.2 Å². The number of hydrogen-bond donors (Lipinski definition) is 0. The Hall–Kier alpha value is -5.80. The van der Waals surface area contributed by atoms with Crippen LogP contribution < -0.4 is 16.4 Å². The van der Waals surface area contributed by atoms with Crippen LogP contribution in [0.25, 0.3) is 55.0 Å². The Morgan fingerprint density at radius 3 is 1.47 bits per heavy atom. The lowest BCUT2D eigenvalue weighted by Gasteiger charge is -2.40. The van der Waals surface area contributed by atoms with Gasteiger partial charge >= 0.3 is 0 Å². The zero-order chi connectivity index (χ0) is 32.2. The van der Waals surface area contributed by atoms with Gasteiger partial charge in [0.15, 0.2) is 0 Å². The van der Waals surface area contributed by atoms with Crippen LogP contribution in [0.3, 0.4) is 0 Å². The first-order valence-electron chi connectivity index (χ1n) is 17.5. The van der Waals surface area contributed by atoms with Crippen molar-refractivity contribution in [2.24, 2.45) is 0 Å². The molecular formula is C46H31BN2. The lowest BCUT2D eigenvalue weighted by atomic mass is 9.34. The molecule has 0 radical (unpaired) electrons. The monoisotopic (exact) mass is 622 g/mol. The van der Waals surface area contributed by atoms with E-state index in [9.17, 15) is 0 Å². The van der Waals surface area contributed by atoms with Crippen molar-refractivity contribution in [2.45, 2.75) is 25.2 Å². The average Bonchev–Trinajstić information content (AvgIpc) is 3.67. The molecule has 1 aliphatic carbocycles. The Balaban J connectivity index is 1.30. The number of rotatable bonds is 1. The SMILES string of the molecule is CC1(C)c2ccccc2C(c2cc3c4c(c2)-n2c5ccccc5c5cccc(c52)B4c2cccc4c5ccccc5n-3c24)c2ccccc21. The summed E-state index contributed by atoms with van der Waals surface area (Å²) >= 11 is 0. The van der Waals surface area contributed by atoms with Gasteiger partial charge in [-0.15, -0.1) is 0 Å². The number of para-hydroxylation sites is 4. The smallest absolute Gasteiger partial charge is 0.252 e. The summed E-state index contributed by atoms with van der Waals surface area (Å²) < 4.78 is 5.19. The molecule has 3 heteroatoms. The van der Waals surface area contributed by atoms with E-state index in [0.29, 0.717) is 0 Å². The topological polar surface area (TPSA) is 9.86 Å². The van der Waals surface area contributed by atoms with Gasteiger partial charge in [-0.05, 0) is 68.5 Å². The van der Waals surface area contributed by atoms with Crippen LogP contribution in [0.2, 0.25) is 0 Å². The number of benzene rings is 7. The highest BCUT2D eigenvalue weighted by molar-refractivity contribution is 7.00. The molecule has 7 aromatic carbocycles. The highest BCUT2D eigenvalue weighted by atomic mass is 15.0. The summed E-state index contributed by atoms with van der Waals surface area (Å²) in [5, 5.41) is 5.30. The molecule has 12 rings (SSSR count). The van der Waals surface area contributed by atoms with Gasteiger partial charge in [-0.25, -0.2) is 0 Å². The van der Waals surface area contributed by atoms with Crippen molar-refractivity contribution in [3.63, 3.8) is 0 Å². The molecule has 9 aromatic rings. The van der Waals surface area contributed by atoms with Gasteiger partial charge in [0.1, 0.15) is 0 Å². The normalized spacial score (nSPS) is 15.2. The van der Waals surface area contributed by atoms with Crippen LogP contribution in [0.15, 0.2) is 146 Å². The fraction of sp³-hybridized carbons (Fsp3) is 0.0870. The molecule has 2 aliphatic heterocycles. The van der Waals surface area contributed by atoms with Crippen molar-refractivity contribution in [1.29, 1.82) is 0 Å². The third kappa shape index (κ3) is 3.02. The van der Waals surface area contributed by atoms with Crippen molar-refractivity contribution < 1.29 is 0 Å².